The van der Waals surface area contributed by atoms with Gasteiger partial charge in [-0.05, 0) is 43.5 Å². The van der Waals surface area contributed by atoms with E-state index in [0.717, 1.165) is 31.0 Å². The lowest BCUT2D eigenvalue weighted by Gasteiger charge is -2.29. The number of ether oxygens (including phenoxy) is 1. The highest BCUT2D eigenvalue weighted by Gasteiger charge is 2.31. The van der Waals surface area contributed by atoms with E-state index in [9.17, 15) is 13.9 Å². The highest BCUT2D eigenvalue weighted by Crippen LogP contribution is 2.32. The Hall–Kier alpha value is -1.42. The van der Waals surface area contributed by atoms with Gasteiger partial charge in [0.15, 0.2) is 0 Å². The van der Waals surface area contributed by atoms with Crippen molar-refractivity contribution in [3.8, 4) is 0 Å². The lowest BCUT2D eigenvalue weighted by molar-refractivity contribution is 0.0146. The Labute approximate surface area is 98.5 Å². The van der Waals surface area contributed by atoms with Crippen LogP contribution in [0.5, 0.6) is 0 Å². The molecule has 0 spiro atoms. The first kappa shape index (κ1) is 12.0. The number of rotatable bonds is 2. The van der Waals surface area contributed by atoms with Gasteiger partial charge in [0.1, 0.15) is 23.0 Å². The van der Waals surface area contributed by atoms with E-state index in [1.54, 1.807) is 6.08 Å². The molecule has 1 aromatic carbocycles. The van der Waals surface area contributed by atoms with Crippen LogP contribution in [0.4, 0.5) is 8.78 Å². The molecule has 0 amide bonds. The maximum atomic E-state index is 13.1. The minimum absolute atomic E-state index is 0.156. The lowest BCUT2D eigenvalue weighted by Crippen LogP contribution is -2.27. The van der Waals surface area contributed by atoms with Crippen LogP contribution >= 0.6 is 0 Å². The highest BCUT2D eigenvalue weighted by molar-refractivity contribution is 5.30. The van der Waals surface area contributed by atoms with Gasteiger partial charge in [0.2, 0.25) is 0 Å². The van der Waals surface area contributed by atoms with Crippen LogP contribution < -0.4 is 0 Å². The van der Waals surface area contributed by atoms with Crippen molar-refractivity contribution in [3.63, 3.8) is 0 Å². The highest BCUT2D eigenvalue weighted by atomic mass is 19.1. The predicted octanol–water partition coefficient (Wildman–Crippen LogP) is 2.87. The first-order chi connectivity index (χ1) is 8.00. The number of allylic oxidation sites excluding steroid dienone is 1. The van der Waals surface area contributed by atoms with Crippen LogP contribution in [0.1, 0.15) is 25.3 Å². The van der Waals surface area contributed by atoms with Crippen molar-refractivity contribution in [3.05, 3.63) is 47.2 Å². The SMILES string of the molecule is CC(O)(C1=CCCCO1)c1cc(F)cc(F)c1. The van der Waals surface area contributed by atoms with Gasteiger partial charge in [-0.25, -0.2) is 8.78 Å². The van der Waals surface area contributed by atoms with Crippen LogP contribution in [0.25, 0.3) is 0 Å². The maximum absolute atomic E-state index is 13.1. The molecule has 0 fully saturated rings. The van der Waals surface area contributed by atoms with Crippen molar-refractivity contribution < 1.29 is 18.6 Å². The first-order valence-corrected chi connectivity index (χ1v) is 5.52. The molecule has 1 aliphatic rings. The monoisotopic (exact) mass is 240 g/mol. The summed E-state index contributed by atoms with van der Waals surface area (Å²) in [7, 11) is 0. The van der Waals surface area contributed by atoms with Crippen LogP contribution in [-0.2, 0) is 10.3 Å². The smallest absolute Gasteiger partial charge is 0.143 e. The molecule has 1 aromatic rings. The van der Waals surface area contributed by atoms with Crippen LogP contribution in [0.3, 0.4) is 0 Å². The van der Waals surface area contributed by atoms with Gasteiger partial charge < -0.3 is 9.84 Å². The summed E-state index contributed by atoms with van der Waals surface area (Å²) in [5.41, 5.74) is -1.34. The van der Waals surface area contributed by atoms with E-state index in [1.165, 1.54) is 6.92 Å². The Bertz CT molecular complexity index is 432. The molecular formula is C13H14F2O2. The molecule has 1 heterocycles. The summed E-state index contributed by atoms with van der Waals surface area (Å²) in [6.07, 6.45) is 3.44. The summed E-state index contributed by atoms with van der Waals surface area (Å²) in [6, 6.07) is 3.00. The van der Waals surface area contributed by atoms with E-state index >= 15 is 0 Å². The van der Waals surface area contributed by atoms with Crippen molar-refractivity contribution >= 4 is 0 Å². The Morgan fingerprint density at radius 1 is 1.24 bits per heavy atom. The fraction of sp³-hybridized carbons (Fsp3) is 0.385. The number of hydrogen-bond donors (Lipinski definition) is 1. The van der Waals surface area contributed by atoms with Gasteiger partial charge >= 0.3 is 0 Å². The normalized spacial score (nSPS) is 19.2. The minimum Gasteiger partial charge on any atom is -0.495 e. The van der Waals surface area contributed by atoms with Gasteiger partial charge in [-0.1, -0.05) is 0 Å². The summed E-state index contributed by atoms with van der Waals surface area (Å²) in [4.78, 5) is 0. The second-order valence-electron chi connectivity index (χ2n) is 4.29. The second-order valence-corrected chi connectivity index (χ2v) is 4.29. The minimum atomic E-state index is -1.50. The fourth-order valence-corrected chi connectivity index (χ4v) is 1.87. The van der Waals surface area contributed by atoms with Crippen LogP contribution in [-0.4, -0.2) is 11.7 Å². The molecule has 1 unspecified atom stereocenters. The van der Waals surface area contributed by atoms with Crippen LogP contribution in [0, 0.1) is 11.6 Å². The average molecular weight is 240 g/mol. The van der Waals surface area contributed by atoms with E-state index in [4.69, 9.17) is 4.74 Å². The molecule has 0 bridgehead atoms. The molecule has 1 N–H and O–H groups in total. The van der Waals surface area contributed by atoms with Crippen LogP contribution in [0.2, 0.25) is 0 Å². The summed E-state index contributed by atoms with van der Waals surface area (Å²) in [5.74, 6) is -1.07. The topological polar surface area (TPSA) is 29.5 Å². The zero-order valence-corrected chi connectivity index (χ0v) is 9.54. The summed E-state index contributed by atoms with van der Waals surface area (Å²) < 4.78 is 31.6. The molecule has 2 rings (SSSR count). The Balaban J connectivity index is 2.39. The number of halogens is 2. The van der Waals surface area contributed by atoms with E-state index in [-0.39, 0.29) is 5.56 Å². The third-order valence-corrected chi connectivity index (χ3v) is 2.84. The average Bonchev–Trinajstić information content (AvgIpc) is 2.29. The molecule has 1 atom stereocenters. The van der Waals surface area contributed by atoms with Crippen molar-refractivity contribution in [2.75, 3.05) is 6.61 Å². The maximum Gasteiger partial charge on any atom is 0.143 e. The van der Waals surface area contributed by atoms with Gasteiger partial charge in [-0.15, -0.1) is 0 Å². The van der Waals surface area contributed by atoms with Gasteiger partial charge in [0.25, 0.3) is 0 Å². The molecule has 0 radical (unpaired) electrons. The third kappa shape index (κ3) is 2.47. The van der Waals surface area contributed by atoms with Crippen molar-refractivity contribution in [2.24, 2.45) is 0 Å². The molecule has 2 nitrogen and oxygen atoms in total. The predicted molar refractivity (Wildman–Crippen MR) is 59.2 cm³/mol. The van der Waals surface area contributed by atoms with Crippen molar-refractivity contribution in [1.82, 2.24) is 0 Å². The second kappa shape index (κ2) is 4.45. The van der Waals surface area contributed by atoms with Crippen molar-refractivity contribution in [2.45, 2.75) is 25.4 Å². The molecule has 17 heavy (non-hydrogen) atoms. The molecule has 1 aliphatic heterocycles. The molecule has 0 aliphatic carbocycles. The Morgan fingerprint density at radius 3 is 2.41 bits per heavy atom. The van der Waals surface area contributed by atoms with E-state index < -0.39 is 17.2 Å². The van der Waals surface area contributed by atoms with Gasteiger partial charge in [-0.3, -0.25) is 0 Å². The Kier molecular flexibility index (Phi) is 3.15. The largest absolute Gasteiger partial charge is 0.495 e. The number of hydrogen-bond acceptors (Lipinski definition) is 2. The first-order valence-electron chi connectivity index (χ1n) is 5.52. The zero-order chi connectivity index (χ0) is 12.5. The lowest BCUT2D eigenvalue weighted by atomic mass is 9.92. The standard InChI is InChI=1S/C13H14F2O2/c1-13(16,12-4-2-3-5-17-12)9-6-10(14)8-11(15)7-9/h4,6-8,16H,2-3,5H2,1H3. The number of benzene rings is 1. The van der Waals surface area contributed by atoms with Gasteiger partial charge in [-0.2, -0.15) is 0 Å². The van der Waals surface area contributed by atoms with E-state index in [2.05, 4.69) is 0 Å². The van der Waals surface area contributed by atoms with E-state index in [0.29, 0.717) is 12.4 Å². The van der Waals surface area contributed by atoms with Gasteiger partial charge in [0.05, 0.1) is 6.61 Å². The molecule has 0 saturated heterocycles. The summed E-state index contributed by atoms with van der Waals surface area (Å²) >= 11 is 0. The number of aliphatic hydroxyl groups is 1. The quantitative estimate of drug-likeness (QED) is 0.861. The molecule has 4 heteroatoms. The Morgan fingerprint density at radius 2 is 1.88 bits per heavy atom. The molecule has 92 valence electrons. The molecule has 0 saturated carbocycles. The fourth-order valence-electron chi connectivity index (χ4n) is 1.87. The van der Waals surface area contributed by atoms with Gasteiger partial charge in [0, 0.05) is 6.07 Å². The summed E-state index contributed by atoms with van der Waals surface area (Å²) in [5, 5.41) is 10.3. The van der Waals surface area contributed by atoms with Crippen LogP contribution in [0.15, 0.2) is 30.0 Å². The zero-order valence-electron chi connectivity index (χ0n) is 9.54. The molecular weight excluding hydrogens is 226 g/mol. The van der Waals surface area contributed by atoms with E-state index in [1.807, 2.05) is 0 Å². The molecule has 0 aromatic heterocycles. The summed E-state index contributed by atoms with van der Waals surface area (Å²) in [6.45, 7) is 1.98. The third-order valence-electron chi connectivity index (χ3n) is 2.84. The van der Waals surface area contributed by atoms with Crippen molar-refractivity contribution in [1.29, 1.82) is 0 Å².